The van der Waals surface area contributed by atoms with Crippen LogP contribution in [0.2, 0.25) is 0 Å². The zero-order chi connectivity index (χ0) is 15.8. The maximum atomic E-state index is 13.1. The number of carbonyl (C=O) groups is 2. The van der Waals surface area contributed by atoms with Gasteiger partial charge in [0.05, 0.1) is 5.92 Å². The summed E-state index contributed by atoms with van der Waals surface area (Å²) >= 11 is 0. The van der Waals surface area contributed by atoms with Gasteiger partial charge in [0, 0.05) is 12.0 Å². The van der Waals surface area contributed by atoms with Crippen LogP contribution in [0.3, 0.4) is 0 Å². The van der Waals surface area contributed by atoms with E-state index in [1.807, 2.05) is 0 Å². The SMILES string of the molecule is NC(CCc1cc(F)cc(F)c1)(C(=O)O)[C@H]1C[C@@H]1C(=O)O. The molecule has 1 aromatic carbocycles. The Morgan fingerprint density at radius 3 is 2.24 bits per heavy atom. The molecule has 0 aliphatic heterocycles. The fraction of sp³-hybridized carbons (Fsp3) is 0.429. The zero-order valence-corrected chi connectivity index (χ0v) is 11.1. The van der Waals surface area contributed by atoms with Gasteiger partial charge in [0.1, 0.15) is 17.2 Å². The van der Waals surface area contributed by atoms with Gasteiger partial charge in [0.25, 0.3) is 0 Å². The molecule has 1 saturated carbocycles. The van der Waals surface area contributed by atoms with Gasteiger partial charge in [-0.2, -0.15) is 0 Å². The molecule has 0 saturated heterocycles. The van der Waals surface area contributed by atoms with E-state index in [0.29, 0.717) is 0 Å². The minimum absolute atomic E-state index is 0.0559. The van der Waals surface area contributed by atoms with Crippen LogP contribution >= 0.6 is 0 Å². The Kier molecular flexibility index (Phi) is 3.95. The summed E-state index contributed by atoms with van der Waals surface area (Å²) in [6.07, 6.45) is 0.176. The lowest BCUT2D eigenvalue weighted by molar-refractivity contribution is -0.145. The van der Waals surface area contributed by atoms with E-state index in [2.05, 4.69) is 0 Å². The quantitative estimate of drug-likeness (QED) is 0.737. The number of aliphatic carboxylic acids is 2. The van der Waals surface area contributed by atoms with Gasteiger partial charge < -0.3 is 15.9 Å². The van der Waals surface area contributed by atoms with Crippen molar-refractivity contribution in [1.82, 2.24) is 0 Å². The number of rotatable bonds is 6. The second-order valence-corrected chi connectivity index (χ2v) is 5.41. The van der Waals surface area contributed by atoms with Crippen LogP contribution < -0.4 is 5.73 Å². The Morgan fingerprint density at radius 1 is 1.24 bits per heavy atom. The van der Waals surface area contributed by atoms with Crippen molar-refractivity contribution in [2.24, 2.45) is 17.6 Å². The molecule has 114 valence electrons. The Bertz CT molecular complexity index is 572. The molecule has 1 aromatic rings. The average molecular weight is 299 g/mol. The van der Waals surface area contributed by atoms with Gasteiger partial charge in [-0.3, -0.25) is 9.59 Å². The Morgan fingerprint density at radius 2 is 1.81 bits per heavy atom. The second-order valence-electron chi connectivity index (χ2n) is 5.41. The monoisotopic (exact) mass is 299 g/mol. The van der Waals surface area contributed by atoms with Crippen LogP contribution in [0.15, 0.2) is 18.2 Å². The van der Waals surface area contributed by atoms with Gasteiger partial charge in [0.2, 0.25) is 0 Å². The van der Waals surface area contributed by atoms with Crippen molar-refractivity contribution >= 4 is 11.9 Å². The number of nitrogens with two attached hydrogens (primary N) is 1. The fourth-order valence-corrected chi connectivity index (χ4v) is 2.59. The molecule has 0 bridgehead atoms. The topological polar surface area (TPSA) is 101 Å². The molecule has 0 radical (unpaired) electrons. The number of hydrogen-bond donors (Lipinski definition) is 3. The van der Waals surface area contributed by atoms with E-state index in [-0.39, 0.29) is 24.8 Å². The van der Waals surface area contributed by atoms with E-state index in [1.165, 1.54) is 0 Å². The Hall–Kier alpha value is -2.02. The number of benzene rings is 1. The summed E-state index contributed by atoms with van der Waals surface area (Å²) in [6.45, 7) is 0. The first-order valence-corrected chi connectivity index (χ1v) is 6.44. The van der Waals surface area contributed by atoms with Gasteiger partial charge in [-0.25, -0.2) is 8.78 Å². The lowest BCUT2D eigenvalue weighted by Crippen LogP contribution is -2.51. The summed E-state index contributed by atoms with van der Waals surface area (Å²) in [4.78, 5) is 22.2. The zero-order valence-electron chi connectivity index (χ0n) is 11.1. The van der Waals surface area contributed by atoms with Gasteiger partial charge in [-0.1, -0.05) is 0 Å². The fourth-order valence-electron chi connectivity index (χ4n) is 2.59. The molecule has 0 amide bonds. The van der Waals surface area contributed by atoms with Crippen LogP contribution in [0, 0.1) is 23.5 Å². The van der Waals surface area contributed by atoms with Gasteiger partial charge in [-0.05, 0) is 37.0 Å². The highest BCUT2D eigenvalue weighted by Crippen LogP contribution is 2.47. The number of aryl methyl sites for hydroxylation is 1. The molecular weight excluding hydrogens is 284 g/mol. The minimum atomic E-state index is -1.70. The molecule has 5 nitrogen and oxygen atoms in total. The summed E-state index contributed by atoms with van der Waals surface area (Å²) in [6, 6.07) is 2.93. The van der Waals surface area contributed by atoms with Crippen molar-refractivity contribution in [2.45, 2.75) is 24.8 Å². The van der Waals surface area contributed by atoms with E-state index < -0.39 is 40.9 Å². The lowest BCUT2D eigenvalue weighted by atomic mass is 9.86. The van der Waals surface area contributed by atoms with Crippen LogP contribution in [0.25, 0.3) is 0 Å². The molecule has 4 N–H and O–H groups in total. The summed E-state index contributed by atoms with van der Waals surface area (Å²) < 4.78 is 26.2. The van der Waals surface area contributed by atoms with Crippen molar-refractivity contribution in [3.8, 4) is 0 Å². The van der Waals surface area contributed by atoms with Crippen molar-refractivity contribution in [1.29, 1.82) is 0 Å². The molecule has 0 heterocycles. The molecule has 3 atom stereocenters. The average Bonchev–Trinajstić information content (AvgIpc) is 3.15. The number of carboxylic acids is 2. The van der Waals surface area contributed by atoms with E-state index in [4.69, 9.17) is 10.8 Å². The van der Waals surface area contributed by atoms with E-state index >= 15 is 0 Å². The molecule has 21 heavy (non-hydrogen) atoms. The van der Waals surface area contributed by atoms with Crippen LogP contribution in [0.5, 0.6) is 0 Å². The first kappa shape index (κ1) is 15.4. The molecule has 0 spiro atoms. The van der Waals surface area contributed by atoms with E-state index in [9.17, 15) is 23.5 Å². The largest absolute Gasteiger partial charge is 0.481 e. The smallest absolute Gasteiger partial charge is 0.324 e. The molecule has 1 fully saturated rings. The summed E-state index contributed by atoms with van der Waals surface area (Å²) in [5.74, 6) is -5.31. The van der Waals surface area contributed by atoms with Crippen molar-refractivity contribution in [2.75, 3.05) is 0 Å². The van der Waals surface area contributed by atoms with Crippen molar-refractivity contribution in [3.05, 3.63) is 35.4 Å². The van der Waals surface area contributed by atoms with Crippen LogP contribution in [0.4, 0.5) is 8.78 Å². The van der Waals surface area contributed by atoms with Crippen molar-refractivity contribution < 1.29 is 28.6 Å². The Labute approximate surface area is 119 Å². The summed E-state index contributed by atoms with van der Waals surface area (Å²) in [5.41, 5.74) is 4.43. The third-order valence-electron chi connectivity index (χ3n) is 3.92. The number of halogens is 2. The normalized spacial score (nSPS) is 23.4. The molecular formula is C14H15F2NO4. The first-order chi connectivity index (χ1) is 9.74. The van der Waals surface area contributed by atoms with Crippen LogP contribution in [-0.2, 0) is 16.0 Å². The maximum absolute atomic E-state index is 13.1. The molecule has 7 heteroatoms. The summed E-state index contributed by atoms with van der Waals surface area (Å²) in [5, 5.41) is 18.1. The van der Waals surface area contributed by atoms with Gasteiger partial charge in [-0.15, -0.1) is 0 Å². The maximum Gasteiger partial charge on any atom is 0.324 e. The van der Waals surface area contributed by atoms with Crippen LogP contribution in [-0.4, -0.2) is 27.7 Å². The van der Waals surface area contributed by atoms with Gasteiger partial charge >= 0.3 is 11.9 Å². The van der Waals surface area contributed by atoms with E-state index in [1.54, 1.807) is 0 Å². The number of hydrogen-bond acceptors (Lipinski definition) is 3. The first-order valence-electron chi connectivity index (χ1n) is 6.44. The molecule has 1 aliphatic rings. The standard InChI is InChI=1S/C14H15F2NO4/c15-8-3-7(4-9(16)5-8)1-2-14(17,13(20)21)11-6-10(11)12(18)19/h3-5,10-11H,1-2,6,17H2,(H,18,19)(H,20,21)/t10-,11-,14?/m0/s1. The number of carboxylic acid groups (broad SMARTS) is 2. The molecule has 1 aliphatic carbocycles. The lowest BCUT2D eigenvalue weighted by Gasteiger charge is -2.25. The predicted molar refractivity (Wildman–Crippen MR) is 68.5 cm³/mol. The third-order valence-corrected chi connectivity index (χ3v) is 3.92. The van der Waals surface area contributed by atoms with Crippen LogP contribution in [0.1, 0.15) is 18.4 Å². The Balaban J connectivity index is 2.11. The highest BCUT2D eigenvalue weighted by Gasteiger charge is 2.57. The minimum Gasteiger partial charge on any atom is -0.481 e. The van der Waals surface area contributed by atoms with Crippen molar-refractivity contribution in [3.63, 3.8) is 0 Å². The highest BCUT2D eigenvalue weighted by molar-refractivity contribution is 5.83. The third kappa shape index (κ3) is 3.18. The molecule has 0 aromatic heterocycles. The summed E-state index contributed by atoms with van der Waals surface area (Å²) in [7, 11) is 0. The molecule has 2 rings (SSSR count). The van der Waals surface area contributed by atoms with E-state index in [0.717, 1.165) is 18.2 Å². The molecule has 1 unspecified atom stereocenters. The second kappa shape index (κ2) is 5.40. The highest BCUT2D eigenvalue weighted by atomic mass is 19.1. The van der Waals surface area contributed by atoms with Gasteiger partial charge in [0.15, 0.2) is 0 Å². The predicted octanol–water partition coefficient (Wildman–Crippen LogP) is 1.40.